The highest BCUT2D eigenvalue weighted by Gasteiger charge is 2.10. The number of hydrogen-bond donors (Lipinski definition) is 2. The maximum absolute atomic E-state index is 12.0. The van der Waals surface area contributed by atoms with Gasteiger partial charge in [-0.2, -0.15) is 0 Å². The molecule has 0 unspecified atom stereocenters. The van der Waals surface area contributed by atoms with Gasteiger partial charge >= 0.3 is 6.03 Å². The zero-order valence-corrected chi connectivity index (χ0v) is 14.8. The van der Waals surface area contributed by atoms with Gasteiger partial charge < -0.3 is 15.5 Å². The van der Waals surface area contributed by atoms with Crippen LogP contribution in [0.15, 0.2) is 24.3 Å². The highest BCUT2D eigenvalue weighted by molar-refractivity contribution is 5.94. The minimum Gasteiger partial charge on any atom is -0.350 e. The minimum absolute atomic E-state index is 0.0633. The largest absolute Gasteiger partial charge is 0.350 e. The summed E-state index contributed by atoms with van der Waals surface area (Å²) in [6.07, 6.45) is 0.903. The van der Waals surface area contributed by atoms with Crippen molar-refractivity contribution >= 4 is 11.9 Å². The Morgan fingerprint density at radius 1 is 1.13 bits per heavy atom. The molecule has 0 saturated carbocycles. The molecule has 0 bridgehead atoms. The highest BCUT2D eigenvalue weighted by Crippen LogP contribution is 2.06. The molecule has 0 fully saturated rings. The van der Waals surface area contributed by atoms with Gasteiger partial charge in [-0.1, -0.05) is 32.9 Å². The van der Waals surface area contributed by atoms with E-state index in [1.165, 1.54) is 0 Å². The van der Waals surface area contributed by atoms with Crippen molar-refractivity contribution in [3.63, 3.8) is 0 Å². The summed E-state index contributed by atoms with van der Waals surface area (Å²) in [7, 11) is 1.79. The van der Waals surface area contributed by atoms with E-state index in [1.807, 2.05) is 26.0 Å². The van der Waals surface area contributed by atoms with Gasteiger partial charge in [0, 0.05) is 31.7 Å². The van der Waals surface area contributed by atoms with E-state index in [9.17, 15) is 9.59 Å². The molecule has 0 aliphatic carbocycles. The van der Waals surface area contributed by atoms with E-state index in [-0.39, 0.29) is 18.0 Å². The maximum Gasteiger partial charge on any atom is 0.317 e. The third-order valence-corrected chi connectivity index (χ3v) is 3.64. The van der Waals surface area contributed by atoms with E-state index in [0.717, 1.165) is 18.5 Å². The number of nitrogens with zero attached hydrogens (tertiary/aromatic N) is 1. The molecule has 0 saturated heterocycles. The Balaban J connectivity index is 2.51. The number of carbonyl (C=O) groups is 2. The van der Waals surface area contributed by atoms with Crippen LogP contribution < -0.4 is 10.6 Å². The summed E-state index contributed by atoms with van der Waals surface area (Å²) >= 11 is 0. The summed E-state index contributed by atoms with van der Waals surface area (Å²) in [5.41, 5.74) is 1.61. The Morgan fingerprint density at radius 3 is 2.26 bits per heavy atom. The average Bonchev–Trinajstić information content (AvgIpc) is 2.52. The van der Waals surface area contributed by atoms with Crippen LogP contribution >= 0.6 is 0 Å². The van der Waals surface area contributed by atoms with Crippen molar-refractivity contribution in [1.82, 2.24) is 15.5 Å². The van der Waals surface area contributed by atoms with Crippen LogP contribution in [0.3, 0.4) is 0 Å². The Kier molecular flexibility index (Phi) is 7.59. The average molecular weight is 319 g/mol. The number of benzene rings is 1. The van der Waals surface area contributed by atoms with E-state index in [4.69, 9.17) is 0 Å². The van der Waals surface area contributed by atoms with E-state index in [1.54, 1.807) is 24.1 Å². The molecule has 1 atom stereocenters. The van der Waals surface area contributed by atoms with Crippen molar-refractivity contribution in [2.75, 3.05) is 13.6 Å². The van der Waals surface area contributed by atoms with Crippen LogP contribution in [-0.2, 0) is 6.54 Å². The van der Waals surface area contributed by atoms with Gasteiger partial charge in [0.1, 0.15) is 0 Å². The molecule has 0 aromatic heterocycles. The van der Waals surface area contributed by atoms with Crippen molar-refractivity contribution < 1.29 is 9.59 Å². The zero-order chi connectivity index (χ0) is 17.4. The first-order valence-corrected chi connectivity index (χ1v) is 8.22. The van der Waals surface area contributed by atoms with E-state index in [0.29, 0.717) is 18.0 Å². The molecule has 23 heavy (non-hydrogen) atoms. The monoisotopic (exact) mass is 319 g/mol. The lowest BCUT2D eigenvalue weighted by Crippen LogP contribution is -2.38. The normalized spacial score (nSPS) is 11.9. The van der Waals surface area contributed by atoms with Gasteiger partial charge in [-0.3, -0.25) is 4.79 Å². The fraction of sp³-hybridized carbons (Fsp3) is 0.556. The van der Waals surface area contributed by atoms with Crippen molar-refractivity contribution in [1.29, 1.82) is 0 Å². The SMILES string of the molecule is CC[C@H](C)NC(=O)c1ccc(CNC(=O)N(C)CC(C)C)cc1. The molecule has 0 aliphatic rings. The van der Waals surface area contributed by atoms with Crippen LogP contribution in [0.1, 0.15) is 50.0 Å². The maximum atomic E-state index is 12.0. The standard InChI is InChI=1S/C18H29N3O2/c1-6-14(4)20-17(22)16-9-7-15(8-10-16)11-19-18(23)21(5)12-13(2)3/h7-10,13-14H,6,11-12H2,1-5H3,(H,19,23)(H,20,22)/t14-/m0/s1. The van der Waals surface area contributed by atoms with Gasteiger partial charge in [-0.15, -0.1) is 0 Å². The third-order valence-electron chi connectivity index (χ3n) is 3.64. The lowest BCUT2D eigenvalue weighted by atomic mass is 10.1. The number of amides is 3. The Hall–Kier alpha value is -2.04. The molecule has 0 heterocycles. The molecule has 3 amide bonds. The molecule has 2 N–H and O–H groups in total. The summed E-state index contributed by atoms with van der Waals surface area (Å²) in [6.45, 7) is 9.34. The first-order chi connectivity index (χ1) is 10.8. The minimum atomic E-state index is -0.0858. The van der Waals surface area contributed by atoms with Gasteiger partial charge in [0.15, 0.2) is 0 Å². The fourth-order valence-corrected chi connectivity index (χ4v) is 2.13. The number of hydrogen-bond acceptors (Lipinski definition) is 2. The van der Waals surface area contributed by atoms with Crippen LogP contribution in [0.4, 0.5) is 4.79 Å². The van der Waals surface area contributed by atoms with Crippen molar-refractivity contribution in [3.8, 4) is 0 Å². The molecule has 128 valence electrons. The second kappa shape index (κ2) is 9.18. The van der Waals surface area contributed by atoms with Crippen molar-refractivity contribution in [2.24, 2.45) is 5.92 Å². The van der Waals surface area contributed by atoms with Crippen LogP contribution in [0.25, 0.3) is 0 Å². The molecule has 5 heteroatoms. The summed E-state index contributed by atoms with van der Waals surface area (Å²) in [5, 5.41) is 5.81. The van der Waals surface area contributed by atoms with Crippen molar-refractivity contribution in [3.05, 3.63) is 35.4 Å². The van der Waals surface area contributed by atoms with Crippen LogP contribution in [0.2, 0.25) is 0 Å². The topological polar surface area (TPSA) is 61.4 Å². The lowest BCUT2D eigenvalue weighted by molar-refractivity contribution is 0.0939. The first kappa shape index (κ1) is 19.0. The van der Waals surface area contributed by atoms with Gasteiger partial charge in [0.05, 0.1) is 0 Å². The molecule has 5 nitrogen and oxygen atoms in total. The molecule has 1 aromatic carbocycles. The van der Waals surface area contributed by atoms with E-state index >= 15 is 0 Å². The Morgan fingerprint density at radius 2 is 1.74 bits per heavy atom. The number of nitrogens with one attached hydrogen (secondary N) is 2. The molecule has 0 radical (unpaired) electrons. The summed E-state index contributed by atoms with van der Waals surface area (Å²) < 4.78 is 0. The lowest BCUT2D eigenvalue weighted by Gasteiger charge is -2.20. The van der Waals surface area contributed by atoms with Crippen LogP contribution in [0, 0.1) is 5.92 Å². The second-order valence-corrected chi connectivity index (χ2v) is 6.41. The molecule has 0 spiro atoms. The first-order valence-electron chi connectivity index (χ1n) is 8.22. The van der Waals surface area contributed by atoms with Crippen LogP contribution in [0.5, 0.6) is 0 Å². The molecule has 0 aliphatic heterocycles. The quantitative estimate of drug-likeness (QED) is 0.811. The fourth-order valence-electron chi connectivity index (χ4n) is 2.13. The molecule has 1 aromatic rings. The highest BCUT2D eigenvalue weighted by atomic mass is 16.2. The van der Waals surface area contributed by atoms with Gasteiger partial charge in [0.25, 0.3) is 5.91 Å². The zero-order valence-electron chi connectivity index (χ0n) is 14.8. The molecular formula is C18H29N3O2. The summed E-state index contributed by atoms with van der Waals surface area (Å²) in [4.78, 5) is 25.6. The predicted molar refractivity (Wildman–Crippen MR) is 93.4 cm³/mol. The second-order valence-electron chi connectivity index (χ2n) is 6.41. The van der Waals surface area contributed by atoms with Crippen molar-refractivity contribution in [2.45, 2.75) is 46.7 Å². The van der Waals surface area contributed by atoms with Gasteiger partial charge in [-0.05, 0) is 37.0 Å². The number of urea groups is 1. The van der Waals surface area contributed by atoms with E-state index < -0.39 is 0 Å². The van der Waals surface area contributed by atoms with Gasteiger partial charge in [-0.25, -0.2) is 4.79 Å². The Labute approximate surface area is 139 Å². The number of rotatable bonds is 7. The third kappa shape index (κ3) is 6.72. The van der Waals surface area contributed by atoms with Gasteiger partial charge in [0.2, 0.25) is 0 Å². The van der Waals surface area contributed by atoms with E-state index in [2.05, 4.69) is 24.5 Å². The van der Waals surface area contributed by atoms with Crippen LogP contribution in [-0.4, -0.2) is 36.5 Å². The smallest absolute Gasteiger partial charge is 0.317 e. The summed E-state index contributed by atoms with van der Waals surface area (Å²) in [6, 6.07) is 7.39. The molecule has 1 rings (SSSR count). The Bertz CT molecular complexity index is 512. The number of carbonyl (C=O) groups excluding carboxylic acids is 2. The summed E-state index contributed by atoms with van der Waals surface area (Å²) in [5.74, 6) is 0.376. The predicted octanol–water partition coefficient (Wildman–Crippen LogP) is 3.01. The molecular weight excluding hydrogens is 290 g/mol.